The number of benzene rings is 7. The number of allylic oxidation sites excluding steroid dienone is 1. The van der Waals surface area contributed by atoms with E-state index in [2.05, 4.69) is 223 Å². The van der Waals surface area contributed by atoms with E-state index in [0.717, 1.165) is 45.3 Å². The largest absolute Gasteiger partial charge is 0.456 e. The van der Waals surface area contributed by atoms with Gasteiger partial charge in [-0.05, 0) is 110 Å². The maximum absolute atomic E-state index is 6.47. The predicted octanol–water partition coefficient (Wildman–Crippen LogP) is 11.1. The zero-order chi connectivity index (χ0) is 38.8. The minimum Gasteiger partial charge on any atom is -0.456 e. The number of rotatable bonds is 7. The van der Waals surface area contributed by atoms with Crippen LogP contribution in [0.4, 0.5) is 0 Å². The molecule has 0 saturated carbocycles. The molecule has 0 bridgehead atoms. The van der Waals surface area contributed by atoms with Gasteiger partial charge in [0.15, 0.2) is 8.07 Å². The zero-order valence-corrected chi connectivity index (χ0v) is 33.6. The van der Waals surface area contributed by atoms with Crippen LogP contribution in [0.1, 0.15) is 30.5 Å². The molecule has 0 saturated heterocycles. The van der Waals surface area contributed by atoms with E-state index in [9.17, 15) is 0 Å². The van der Waals surface area contributed by atoms with Gasteiger partial charge in [0.1, 0.15) is 11.2 Å². The molecule has 1 aliphatic rings. The summed E-state index contributed by atoms with van der Waals surface area (Å²) < 4.78 is 11.2. The first-order valence-electron chi connectivity index (χ1n) is 20.3. The van der Waals surface area contributed by atoms with Crippen LogP contribution in [0, 0.1) is 0 Å². The van der Waals surface area contributed by atoms with Crippen LogP contribution in [-0.4, -0.2) is 17.2 Å². The number of fused-ring (bicyclic) bond motifs is 6. The van der Waals surface area contributed by atoms with Crippen molar-refractivity contribution < 1.29 is 4.42 Å². The van der Waals surface area contributed by atoms with E-state index < -0.39 is 8.07 Å². The van der Waals surface area contributed by atoms with Crippen molar-refractivity contribution in [3.63, 3.8) is 0 Å². The van der Waals surface area contributed by atoms with Gasteiger partial charge in [-0.1, -0.05) is 146 Å². The van der Waals surface area contributed by atoms with Crippen molar-refractivity contribution in [3.8, 4) is 28.2 Å². The summed E-state index contributed by atoms with van der Waals surface area (Å²) in [5.74, 6) is 0.478. The van der Waals surface area contributed by atoms with Crippen molar-refractivity contribution in [1.29, 1.82) is 0 Å². The smallest absolute Gasteiger partial charge is 0.179 e. The Balaban J connectivity index is 1.03. The Morgan fingerprint density at radius 1 is 0.517 bits per heavy atom. The van der Waals surface area contributed by atoms with Crippen molar-refractivity contribution in [1.82, 2.24) is 9.13 Å². The van der Waals surface area contributed by atoms with E-state index >= 15 is 0 Å². The molecule has 4 heteroatoms. The highest BCUT2D eigenvalue weighted by Gasteiger charge is 2.41. The molecule has 0 radical (unpaired) electrons. The second-order valence-electron chi connectivity index (χ2n) is 15.8. The van der Waals surface area contributed by atoms with Crippen LogP contribution in [0.2, 0.25) is 0 Å². The van der Waals surface area contributed by atoms with Crippen LogP contribution >= 0.6 is 0 Å². The maximum Gasteiger partial charge on any atom is 0.179 e. The van der Waals surface area contributed by atoms with Crippen molar-refractivity contribution in [2.75, 3.05) is 0 Å². The lowest BCUT2D eigenvalue weighted by atomic mass is 9.91. The summed E-state index contributed by atoms with van der Waals surface area (Å²) in [7, 11) is -0.472. The van der Waals surface area contributed by atoms with Crippen molar-refractivity contribution in [3.05, 3.63) is 205 Å². The second-order valence-corrected chi connectivity index (χ2v) is 19.6. The van der Waals surface area contributed by atoms with Gasteiger partial charge in [-0.3, -0.25) is 0 Å². The summed E-state index contributed by atoms with van der Waals surface area (Å²) in [4.78, 5) is 0. The molecule has 10 aromatic rings. The number of para-hydroxylation sites is 1. The molecule has 58 heavy (non-hydrogen) atoms. The highest BCUT2D eigenvalue weighted by Crippen LogP contribution is 2.41. The molecule has 11 rings (SSSR count). The molecule has 3 nitrogen and oxygen atoms in total. The zero-order valence-electron chi connectivity index (χ0n) is 32.6. The summed E-state index contributed by atoms with van der Waals surface area (Å²) in [6.45, 7) is 2.34. The van der Waals surface area contributed by atoms with Gasteiger partial charge in [-0.25, -0.2) is 0 Å². The van der Waals surface area contributed by atoms with Crippen LogP contribution in [0.5, 0.6) is 0 Å². The first kappa shape index (κ1) is 34.4. The van der Waals surface area contributed by atoms with Crippen LogP contribution in [0.15, 0.2) is 199 Å². The summed E-state index contributed by atoms with van der Waals surface area (Å²) in [5.41, 5.74) is 11.6. The first-order chi connectivity index (χ1) is 28.6. The van der Waals surface area contributed by atoms with E-state index in [1.807, 2.05) is 0 Å². The summed E-state index contributed by atoms with van der Waals surface area (Å²) in [6, 6.07) is 69.4. The fraction of sp³-hybridized carbons (Fsp3) is 0.0741. The van der Waals surface area contributed by atoms with Crippen LogP contribution < -0.4 is 20.7 Å². The molecule has 278 valence electrons. The lowest BCUT2D eigenvalue weighted by Crippen LogP contribution is -2.74. The third-order valence-electron chi connectivity index (χ3n) is 12.6. The molecular weight excluding hydrogens is 721 g/mol. The Hall–Kier alpha value is -6.88. The monoisotopic (exact) mass is 762 g/mol. The average molecular weight is 763 g/mol. The van der Waals surface area contributed by atoms with Gasteiger partial charge in [-0.2, -0.15) is 0 Å². The summed E-state index contributed by atoms with van der Waals surface area (Å²) in [5, 5.41) is 9.06. The fourth-order valence-electron chi connectivity index (χ4n) is 9.88. The van der Waals surface area contributed by atoms with Gasteiger partial charge in [0, 0.05) is 46.0 Å². The molecule has 3 aromatic heterocycles. The Kier molecular flexibility index (Phi) is 8.09. The van der Waals surface area contributed by atoms with Crippen LogP contribution in [0.3, 0.4) is 0 Å². The van der Waals surface area contributed by atoms with Gasteiger partial charge in [0.05, 0.1) is 5.52 Å². The minimum atomic E-state index is -2.66. The SMILES string of the molecule is CC1CC=Cc2c1c1ccccc1n2-c1ccc2oc3ccc(-c4ccc(-c5cccc([Si](c6ccccc6)(c6ccccc6)c6ccccc6)c5)n4C)cc3c2c1. The van der Waals surface area contributed by atoms with E-state index in [-0.39, 0.29) is 0 Å². The third kappa shape index (κ3) is 5.25. The van der Waals surface area contributed by atoms with Crippen LogP contribution in [0.25, 0.3) is 67.1 Å². The van der Waals surface area contributed by atoms with Gasteiger partial charge < -0.3 is 13.6 Å². The summed E-state index contributed by atoms with van der Waals surface area (Å²) in [6.07, 6.45) is 5.69. The molecule has 0 fully saturated rings. The number of hydrogen-bond acceptors (Lipinski definition) is 1. The molecule has 1 aliphatic carbocycles. The van der Waals surface area contributed by atoms with Crippen molar-refractivity contribution in [2.45, 2.75) is 19.3 Å². The lowest BCUT2D eigenvalue weighted by molar-refractivity contribution is 0.669. The quantitative estimate of drug-likeness (QED) is 0.117. The number of aromatic nitrogens is 2. The van der Waals surface area contributed by atoms with E-state index in [1.165, 1.54) is 54.2 Å². The second kappa shape index (κ2) is 13.6. The average Bonchev–Trinajstić information content (AvgIpc) is 3.96. The van der Waals surface area contributed by atoms with E-state index in [4.69, 9.17) is 4.42 Å². The highest BCUT2D eigenvalue weighted by molar-refractivity contribution is 7.19. The Labute approximate surface area is 339 Å². The Morgan fingerprint density at radius 3 is 1.76 bits per heavy atom. The molecule has 7 aromatic carbocycles. The lowest BCUT2D eigenvalue weighted by Gasteiger charge is -2.34. The predicted molar refractivity (Wildman–Crippen MR) is 246 cm³/mol. The van der Waals surface area contributed by atoms with Gasteiger partial charge in [0.25, 0.3) is 0 Å². The normalized spacial score (nSPS) is 14.1. The van der Waals surface area contributed by atoms with Crippen molar-refractivity contribution in [2.24, 2.45) is 7.05 Å². The third-order valence-corrected chi connectivity index (χ3v) is 17.3. The molecule has 0 amide bonds. The molecular formula is C54H42N2OSi. The summed E-state index contributed by atoms with van der Waals surface area (Å²) >= 11 is 0. The molecule has 0 N–H and O–H groups in total. The van der Waals surface area contributed by atoms with Gasteiger partial charge >= 0.3 is 0 Å². The van der Waals surface area contributed by atoms with Crippen molar-refractivity contribution >= 4 is 67.7 Å². The maximum atomic E-state index is 6.47. The first-order valence-corrected chi connectivity index (χ1v) is 22.3. The van der Waals surface area contributed by atoms with Gasteiger partial charge in [0.2, 0.25) is 0 Å². The van der Waals surface area contributed by atoms with E-state index in [1.54, 1.807) is 0 Å². The molecule has 3 heterocycles. The fourth-order valence-corrected chi connectivity index (χ4v) is 14.7. The minimum absolute atomic E-state index is 0.478. The molecule has 0 spiro atoms. The van der Waals surface area contributed by atoms with E-state index in [0.29, 0.717) is 5.92 Å². The number of nitrogens with zero attached hydrogens (tertiary/aromatic N) is 2. The van der Waals surface area contributed by atoms with Gasteiger partial charge in [-0.15, -0.1) is 0 Å². The Morgan fingerprint density at radius 2 is 1.09 bits per heavy atom. The molecule has 1 atom stereocenters. The number of hydrogen-bond donors (Lipinski definition) is 0. The Bertz CT molecular complexity index is 3070. The standard InChI is InChI=1S/C54H42N2OSi/c1-37-16-14-27-51-54(37)45-25-12-13-26-50(45)56(51)40-29-33-53-47(36-40)46-35-39(28-32-52(46)57-53)49-31-30-48(55(49)2)38-17-15-24-44(34-38)58(41-18-6-3-7-19-41,42-20-8-4-9-21-42)43-22-10-5-11-23-43/h3-15,17-37H,16H2,1-2H3. The van der Waals surface area contributed by atoms with Crippen LogP contribution in [-0.2, 0) is 7.05 Å². The molecule has 1 unspecified atom stereocenters. The topological polar surface area (TPSA) is 23.0 Å². The number of furan rings is 1. The highest BCUT2D eigenvalue weighted by atomic mass is 28.3. The molecule has 0 aliphatic heterocycles.